The Morgan fingerprint density at radius 3 is 1.83 bits per heavy atom. The molecule has 0 unspecified atom stereocenters. The molecule has 0 radical (unpaired) electrons. The fourth-order valence-electron chi connectivity index (χ4n) is 3.49. The van der Waals surface area contributed by atoms with Crippen LogP contribution >= 0.6 is 0 Å². The zero-order valence-corrected chi connectivity index (χ0v) is 16.3. The molecule has 1 aliphatic heterocycles. The van der Waals surface area contributed by atoms with E-state index in [0.29, 0.717) is 30.8 Å². The molecule has 4 rings (SSSR count). The number of benzene rings is 2. The van der Waals surface area contributed by atoms with Gasteiger partial charge in [-0.05, 0) is 59.2 Å². The van der Waals surface area contributed by atoms with Gasteiger partial charge in [-0.2, -0.15) is 0 Å². The largest absolute Gasteiger partial charge is 0.290 e. The molecule has 0 saturated carbocycles. The average molecular weight is 402 g/mol. The van der Waals surface area contributed by atoms with E-state index in [1.165, 1.54) is 24.3 Å². The molecule has 1 aromatic heterocycles. The monoisotopic (exact) mass is 402 g/mol. The lowest BCUT2D eigenvalue weighted by molar-refractivity contribution is -0.113. The van der Waals surface area contributed by atoms with Crippen LogP contribution in [0.1, 0.15) is 16.7 Å². The van der Waals surface area contributed by atoms with Gasteiger partial charge >= 0.3 is 0 Å². The normalized spacial score (nSPS) is 17.6. The van der Waals surface area contributed by atoms with Crippen LogP contribution in [-0.4, -0.2) is 28.8 Å². The Balaban J connectivity index is 1.67. The molecule has 1 aliphatic rings. The van der Waals surface area contributed by atoms with Gasteiger partial charge in [-0.3, -0.25) is 14.7 Å². The predicted octanol–water partition coefficient (Wildman–Crippen LogP) is 4.91. The second-order valence-corrected chi connectivity index (χ2v) is 7.28. The number of halogens is 2. The van der Waals surface area contributed by atoms with E-state index in [1.54, 1.807) is 42.6 Å². The number of aromatic nitrogens is 1. The Bertz CT molecular complexity index is 1020. The fourth-order valence-corrected chi connectivity index (χ4v) is 3.49. The third kappa shape index (κ3) is 4.93. The number of carbonyl (C=O) groups is 1. The van der Waals surface area contributed by atoms with Crippen molar-refractivity contribution >= 4 is 17.9 Å². The lowest BCUT2D eigenvalue weighted by Gasteiger charge is -2.29. The standard InChI is InChI=1S/C25H20F2N2O/c26-23-7-3-18(4-8-23)12-21-16-29(15-20-2-1-11-28-14-20)17-22(25(21)30)13-19-5-9-24(27)10-6-19/h1-14H,15-17H2/b21-12-,22-13-. The highest BCUT2D eigenvalue weighted by Crippen LogP contribution is 2.23. The number of ketones is 1. The molecule has 5 heteroatoms. The van der Waals surface area contributed by atoms with Gasteiger partial charge in [0.15, 0.2) is 5.78 Å². The van der Waals surface area contributed by atoms with Crippen LogP contribution in [0.25, 0.3) is 12.2 Å². The quantitative estimate of drug-likeness (QED) is 0.582. The van der Waals surface area contributed by atoms with Crippen molar-refractivity contribution in [3.05, 3.63) is 113 Å². The first-order valence-corrected chi connectivity index (χ1v) is 9.65. The first-order chi connectivity index (χ1) is 14.6. The molecule has 1 saturated heterocycles. The number of hydrogen-bond acceptors (Lipinski definition) is 3. The molecule has 0 spiro atoms. The van der Waals surface area contributed by atoms with E-state index in [2.05, 4.69) is 9.88 Å². The van der Waals surface area contributed by atoms with Crippen LogP contribution < -0.4 is 0 Å². The molecular weight excluding hydrogens is 382 g/mol. The number of piperidine rings is 1. The Morgan fingerprint density at radius 1 is 0.833 bits per heavy atom. The van der Waals surface area contributed by atoms with Crippen LogP contribution in [-0.2, 0) is 11.3 Å². The smallest absolute Gasteiger partial charge is 0.187 e. The number of Topliss-reactive ketones (excluding diaryl/α,β-unsaturated/α-hetero) is 1. The van der Waals surface area contributed by atoms with Crippen LogP contribution in [0, 0.1) is 11.6 Å². The maximum atomic E-state index is 13.2. The topological polar surface area (TPSA) is 33.2 Å². The van der Waals surface area contributed by atoms with Gasteiger partial charge in [0.2, 0.25) is 0 Å². The van der Waals surface area contributed by atoms with Crippen LogP contribution in [0.5, 0.6) is 0 Å². The molecule has 150 valence electrons. The number of pyridine rings is 1. The second-order valence-electron chi connectivity index (χ2n) is 7.28. The summed E-state index contributed by atoms with van der Waals surface area (Å²) in [5.41, 5.74) is 3.84. The number of carbonyl (C=O) groups excluding carboxylic acids is 1. The summed E-state index contributed by atoms with van der Waals surface area (Å²) in [6, 6.07) is 16.0. The molecule has 2 aromatic carbocycles. The molecule has 0 amide bonds. The van der Waals surface area contributed by atoms with E-state index in [4.69, 9.17) is 0 Å². The lowest BCUT2D eigenvalue weighted by atomic mass is 9.94. The van der Waals surface area contributed by atoms with Crippen LogP contribution in [0.15, 0.2) is 84.2 Å². The minimum absolute atomic E-state index is 0.0499. The summed E-state index contributed by atoms with van der Waals surface area (Å²) < 4.78 is 26.5. The summed E-state index contributed by atoms with van der Waals surface area (Å²) in [6.07, 6.45) is 7.14. The molecule has 0 atom stereocenters. The zero-order chi connectivity index (χ0) is 20.9. The molecule has 0 bridgehead atoms. The van der Waals surface area contributed by atoms with Crippen molar-refractivity contribution in [3.63, 3.8) is 0 Å². The fraction of sp³-hybridized carbons (Fsp3) is 0.120. The molecule has 3 nitrogen and oxygen atoms in total. The lowest BCUT2D eigenvalue weighted by Crippen LogP contribution is -2.37. The van der Waals surface area contributed by atoms with E-state index in [0.717, 1.165) is 16.7 Å². The second kappa shape index (κ2) is 8.93. The molecule has 0 aliphatic carbocycles. The number of rotatable bonds is 4. The van der Waals surface area contributed by atoms with Gasteiger partial charge in [-0.15, -0.1) is 0 Å². The number of hydrogen-bond donors (Lipinski definition) is 0. The Kier molecular flexibility index (Phi) is 5.91. The highest BCUT2D eigenvalue weighted by atomic mass is 19.1. The first kappa shape index (κ1) is 19.9. The van der Waals surface area contributed by atoms with Crippen molar-refractivity contribution in [3.8, 4) is 0 Å². The maximum Gasteiger partial charge on any atom is 0.187 e. The van der Waals surface area contributed by atoms with E-state index < -0.39 is 0 Å². The third-order valence-corrected chi connectivity index (χ3v) is 4.92. The zero-order valence-electron chi connectivity index (χ0n) is 16.3. The third-order valence-electron chi connectivity index (χ3n) is 4.92. The summed E-state index contributed by atoms with van der Waals surface area (Å²) in [5.74, 6) is -0.685. The highest BCUT2D eigenvalue weighted by molar-refractivity contribution is 6.14. The van der Waals surface area contributed by atoms with Crippen LogP contribution in [0.4, 0.5) is 8.78 Å². The van der Waals surface area contributed by atoms with E-state index in [9.17, 15) is 13.6 Å². The summed E-state index contributed by atoms with van der Waals surface area (Å²) in [7, 11) is 0. The molecule has 30 heavy (non-hydrogen) atoms. The number of nitrogens with zero attached hydrogens (tertiary/aromatic N) is 2. The minimum Gasteiger partial charge on any atom is -0.290 e. The molecule has 1 fully saturated rings. The van der Waals surface area contributed by atoms with Crippen molar-refractivity contribution in [1.82, 2.24) is 9.88 Å². The van der Waals surface area contributed by atoms with Gasteiger partial charge in [0.05, 0.1) is 0 Å². The Morgan fingerprint density at radius 2 is 1.37 bits per heavy atom. The van der Waals surface area contributed by atoms with Gasteiger partial charge in [-0.1, -0.05) is 30.3 Å². The van der Waals surface area contributed by atoms with Crippen molar-refractivity contribution in [2.45, 2.75) is 6.54 Å². The molecule has 2 heterocycles. The van der Waals surface area contributed by atoms with Crippen molar-refractivity contribution in [2.75, 3.05) is 13.1 Å². The van der Waals surface area contributed by atoms with E-state index in [1.807, 2.05) is 18.3 Å². The summed E-state index contributed by atoms with van der Waals surface area (Å²) >= 11 is 0. The Labute approximate surface area is 174 Å². The van der Waals surface area contributed by atoms with Crippen molar-refractivity contribution < 1.29 is 13.6 Å². The summed E-state index contributed by atoms with van der Waals surface area (Å²) in [5, 5.41) is 0. The van der Waals surface area contributed by atoms with Gasteiger partial charge in [-0.25, -0.2) is 8.78 Å². The molecule has 0 N–H and O–H groups in total. The molecule has 3 aromatic rings. The SMILES string of the molecule is O=C1/C(=C\c2ccc(F)cc2)CN(Cc2cccnc2)C/C1=C/c1ccc(F)cc1. The van der Waals surface area contributed by atoms with E-state index in [-0.39, 0.29) is 17.4 Å². The highest BCUT2D eigenvalue weighted by Gasteiger charge is 2.26. The van der Waals surface area contributed by atoms with Gasteiger partial charge in [0.25, 0.3) is 0 Å². The van der Waals surface area contributed by atoms with Crippen molar-refractivity contribution in [1.29, 1.82) is 0 Å². The van der Waals surface area contributed by atoms with Gasteiger partial charge in [0.1, 0.15) is 11.6 Å². The van der Waals surface area contributed by atoms with E-state index >= 15 is 0 Å². The summed E-state index contributed by atoms with van der Waals surface area (Å²) in [4.78, 5) is 19.5. The predicted molar refractivity (Wildman–Crippen MR) is 113 cm³/mol. The van der Waals surface area contributed by atoms with Gasteiger partial charge < -0.3 is 0 Å². The maximum absolute atomic E-state index is 13.2. The number of likely N-dealkylation sites (tertiary alicyclic amines) is 1. The average Bonchev–Trinajstić information content (AvgIpc) is 2.75. The van der Waals surface area contributed by atoms with Crippen LogP contribution in [0.2, 0.25) is 0 Å². The minimum atomic E-state index is -0.317. The Hall–Kier alpha value is -3.44. The van der Waals surface area contributed by atoms with Crippen molar-refractivity contribution in [2.24, 2.45) is 0 Å². The first-order valence-electron chi connectivity index (χ1n) is 9.65. The molecular formula is C25H20F2N2O. The van der Waals surface area contributed by atoms with Crippen LogP contribution in [0.3, 0.4) is 0 Å². The summed E-state index contributed by atoms with van der Waals surface area (Å²) in [6.45, 7) is 1.60. The van der Waals surface area contributed by atoms with Gasteiger partial charge in [0, 0.05) is 43.2 Å².